The molecular weight excluding hydrogens is 360 g/mol. The number of ether oxygens (including phenoxy) is 1. The Bertz CT molecular complexity index is 954. The van der Waals surface area contributed by atoms with Crippen LogP contribution in [0.4, 0.5) is 4.79 Å². The molecule has 1 aliphatic rings. The number of aliphatic carboxylic acids is 1. The van der Waals surface area contributed by atoms with Crippen LogP contribution >= 0.6 is 0 Å². The summed E-state index contributed by atoms with van der Waals surface area (Å²) in [6.07, 6.45) is 2.04. The number of amides is 1. The number of fused-ring (bicyclic) bond motifs is 3. The van der Waals surface area contributed by atoms with Gasteiger partial charge in [-0.25, -0.2) is 9.59 Å². The molecule has 142 valence electrons. The van der Waals surface area contributed by atoms with Gasteiger partial charge in [-0.15, -0.1) is 0 Å². The molecule has 1 aliphatic carbocycles. The van der Waals surface area contributed by atoms with E-state index in [9.17, 15) is 14.7 Å². The van der Waals surface area contributed by atoms with Crippen LogP contribution in [-0.2, 0) is 16.0 Å². The van der Waals surface area contributed by atoms with Gasteiger partial charge in [0.2, 0.25) is 0 Å². The van der Waals surface area contributed by atoms with Crippen LogP contribution in [0.15, 0.2) is 65.5 Å². The minimum absolute atomic E-state index is 0.0586. The molecule has 28 heavy (non-hydrogen) atoms. The molecule has 1 amide bonds. The van der Waals surface area contributed by atoms with Crippen LogP contribution < -0.4 is 5.32 Å². The van der Waals surface area contributed by atoms with Gasteiger partial charge in [-0.05, 0) is 22.3 Å². The summed E-state index contributed by atoms with van der Waals surface area (Å²) in [5.41, 5.74) is 5.02. The summed E-state index contributed by atoms with van der Waals surface area (Å²) < 4.78 is 10.1. The molecule has 0 bridgehead atoms. The number of aromatic nitrogens is 1. The number of nitrogens with one attached hydrogen (secondary N) is 1. The number of nitrogens with zero attached hydrogens (tertiary/aromatic N) is 1. The van der Waals surface area contributed by atoms with E-state index in [4.69, 9.17) is 9.26 Å². The van der Waals surface area contributed by atoms with E-state index in [1.165, 1.54) is 12.5 Å². The lowest BCUT2D eigenvalue weighted by atomic mass is 9.98. The zero-order valence-electron chi connectivity index (χ0n) is 14.9. The van der Waals surface area contributed by atoms with Crippen molar-refractivity contribution in [2.45, 2.75) is 18.4 Å². The third-order valence-electron chi connectivity index (χ3n) is 4.86. The predicted octanol–water partition coefficient (Wildman–Crippen LogP) is 3.21. The summed E-state index contributed by atoms with van der Waals surface area (Å²) in [5.74, 6) is -1.24. The maximum absolute atomic E-state index is 12.2. The van der Waals surface area contributed by atoms with E-state index in [2.05, 4.69) is 10.5 Å². The summed E-state index contributed by atoms with van der Waals surface area (Å²) >= 11 is 0. The van der Waals surface area contributed by atoms with E-state index in [0.717, 1.165) is 22.3 Å². The molecular formula is C21H18N2O5. The van der Waals surface area contributed by atoms with Crippen LogP contribution in [0.1, 0.15) is 22.6 Å². The summed E-state index contributed by atoms with van der Waals surface area (Å²) in [4.78, 5) is 23.7. The van der Waals surface area contributed by atoms with Crippen molar-refractivity contribution in [1.29, 1.82) is 0 Å². The van der Waals surface area contributed by atoms with Crippen molar-refractivity contribution < 1.29 is 24.0 Å². The predicted molar refractivity (Wildman–Crippen MR) is 99.8 cm³/mol. The second-order valence-corrected chi connectivity index (χ2v) is 6.60. The first-order chi connectivity index (χ1) is 13.6. The molecule has 2 aromatic carbocycles. The number of hydrogen-bond donors (Lipinski definition) is 2. The molecule has 3 aromatic rings. The Kier molecular flexibility index (Phi) is 4.80. The average molecular weight is 378 g/mol. The first kappa shape index (κ1) is 17.8. The largest absolute Gasteiger partial charge is 0.480 e. The van der Waals surface area contributed by atoms with Crippen molar-refractivity contribution in [3.8, 4) is 11.1 Å². The Balaban J connectivity index is 1.44. The quantitative estimate of drug-likeness (QED) is 0.683. The molecule has 1 aromatic heterocycles. The highest BCUT2D eigenvalue weighted by Crippen LogP contribution is 2.44. The number of carboxylic acid groups (broad SMARTS) is 1. The SMILES string of the molecule is O=C(NC(Cc1cnoc1)C(=O)O)OCC1c2ccccc2-c2ccccc21. The fraction of sp³-hybridized carbons (Fsp3) is 0.190. The van der Waals surface area contributed by atoms with Gasteiger partial charge in [-0.3, -0.25) is 0 Å². The maximum Gasteiger partial charge on any atom is 0.407 e. The van der Waals surface area contributed by atoms with Crippen molar-refractivity contribution in [3.63, 3.8) is 0 Å². The molecule has 7 nitrogen and oxygen atoms in total. The zero-order valence-corrected chi connectivity index (χ0v) is 14.9. The number of alkyl carbamates (subject to hydrolysis) is 1. The topological polar surface area (TPSA) is 102 Å². The van der Waals surface area contributed by atoms with Gasteiger partial charge in [0, 0.05) is 17.9 Å². The number of carboxylic acids is 1. The zero-order chi connectivity index (χ0) is 19.5. The first-order valence-electron chi connectivity index (χ1n) is 8.86. The van der Waals surface area contributed by atoms with Crippen LogP contribution in [0.5, 0.6) is 0 Å². The van der Waals surface area contributed by atoms with Gasteiger partial charge in [-0.2, -0.15) is 0 Å². The summed E-state index contributed by atoms with van der Waals surface area (Å²) in [6, 6.07) is 14.9. The Morgan fingerprint density at radius 3 is 2.32 bits per heavy atom. The van der Waals surface area contributed by atoms with Crippen molar-refractivity contribution in [2.75, 3.05) is 6.61 Å². The fourth-order valence-electron chi connectivity index (χ4n) is 3.55. The van der Waals surface area contributed by atoms with Gasteiger partial charge in [0.15, 0.2) is 0 Å². The van der Waals surface area contributed by atoms with E-state index >= 15 is 0 Å². The molecule has 1 unspecified atom stereocenters. The molecule has 1 heterocycles. The van der Waals surface area contributed by atoms with Gasteiger partial charge in [0.1, 0.15) is 18.9 Å². The van der Waals surface area contributed by atoms with Crippen molar-refractivity contribution in [2.24, 2.45) is 0 Å². The van der Waals surface area contributed by atoms with E-state index in [-0.39, 0.29) is 18.9 Å². The van der Waals surface area contributed by atoms with Crippen LogP contribution in [0.3, 0.4) is 0 Å². The molecule has 7 heteroatoms. The number of carbonyl (C=O) groups is 2. The minimum atomic E-state index is -1.16. The van der Waals surface area contributed by atoms with E-state index in [1.54, 1.807) is 0 Å². The van der Waals surface area contributed by atoms with E-state index in [1.807, 2.05) is 48.5 Å². The highest BCUT2D eigenvalue weighted by molar-refractivity contribution is 5.81. The summed E-state index contributed by atoms with van der Waals surface area (Å²) in [7, 11) is 0. The number of benzene rings is 2. The van der Waals surface area contributed by atoms with E-state index in [0.29, 0.717) is 5.56 Å². The van der Waals surface area contributed by atoms with Gasteiger partial charge >= 0.3 is 12.1 Å². The summed E-state index contributed by atoms with van der Waals surface area (Å²) in [5, 5.41) is 15.3. The summed E-state index contributed by atoms with van der Waals surface area (Å²) in [6.45, 7) is 0.124. The average Bonchev–Trinajstić information content (AvgIpc) is 3.32. The molecule has 0 saturated heterocycles. The van der Waals surface area contributed by atoms with Crippen molar-refractivity contribution in [3.05, 3.63) is 77.7 Å². The van der Waals surface area contributed by atoms with Crippen LogP contribution in [0.2, 0.25) is 0 Å². The first-order valence-corrected chi connectivity index (χ1v) is 8.86. The molecule has 0 saturated carbocycles. The minimum Gasteiger partial charge on any atom is -0.480 e. The Morgan fingerprint density at radius 2 is 1.75 bits per heavy atom. The Hall–Kier alpha value is -3.61. The smallest absolute Gasteiger partial charge is 0.407 e. The molecule has 1 atom stereocenters. The molecule has 4 rings (SSSR count). The normalized spacial score (nSPS) is 13.4. The highest BCUT2D eigenvalue weighted by atomic mass is 16.5. The maximum atomic E-state index is 12.2. The molecule has 0 fully saturated rings. The molecule has 0 spiro atoms. The molecule has 0 radical (unpaired) electrons. The van der Waals surface area contributed by atoms with Crippen LogP contribution in [-0.4, -0.2) is 35.0 Å². The van der Waals surface area contributed by atoms with Gasteiger partial charge in [0.25, 0.3) is 0 Å². The lowest BCUT2D eigenvalue weighted by molar-refractivity contribution is -0.139. The monoisotopic (exact) mass is 378 g/mol. The van der Waals surface area contributed by atoms with Crippen LogP contribution in [0.25, 0.3) is 11.1 Å². The van der Waals surface area contributed by atoms with Gasteiger partial charge in [-0.1, -0.05) is 53.7 Å². The van der Waals surface area contributed by atoms with Gasteiger partial charge < -0.3 is 19.7 Å². The van der Waals surface area contributed by atoms with Crippen molar-refractivity contribution in [1.82, 2.24) is 10.5 Å². The highest BCUT2D eigenvalue weighted by Gasteiger charge is 2.29. The number of rotatable bonds is 6. The lowest BCUT2D eigenvalue weighted by Gasteiger charge is -2.17. The number of hydrogen-bond acceptors (Lipinski definition) is 5. The standard InChI is InChI=1S/C21H18N2O5/c24-20(25)19(9-13-10-22-28-11-13)23-21(26)27-12-18-16-7-3-1-5-14(16)15-6-2-4-8-17(15)18/h1-8,10-11,18-19H,9,12H2,(H,23,26)(H,24,25). The van der Waals surface area contributed by atoms with Gasteiger partial charge in [0.05, 0.1) is 6.20 Å². The lowest BCUT2D eigenvalue weighted by Crippen LogP contribution is -2.42. The molecule has 0 aliphatic heterocycles. The second-order valence-electron chi connectivity index (χ2n) is 6.60. The fourth-order valence-corrected chi connectivity index (χ4v) is 3.55. The third kappa shape index (κ3) is 3.46. The number of carbonyl (C=O) groups excluding carboxylic acids is 1. The van der Waals surface area contributed by atoms with Crippen LogP contribution in [0, 0.1) is 0 Å². The third-order valence-corrected chi connectivity index (χ3v) is 4.86. The van der Waals surface area contributed by atoms with Crippen molar-refractivity contribution >= 4 is 12.1 Å². The Labute approximate surface area is 160 Å². The molecule has 2 N–H and O–H groups in total. The van der Waals surface area contributed by atoms with E-state index < -0.39 is 18.1 Å². The Morgan fingerprint density at radius 1 is 1.11 bits per heavy atom. The second kappa shape index (κ2) is 7.56.